The Bertz CT molecular complexity index is 1030. The van der Waals surface area contributed by atoms with Crippen LogP contribution in [0.5, 0.6) is 0 Å². The van der Waals surface area contributed by atoms with Crippen molar-refractivity contribution in [1.82, 2.24) is 16.0 Å². The highest BCUT2D eigenvalue weighted by Gasteiger charge is 2.32. The third kappa shape index (κ3) is 11.9. The Hall–Kier alpha value is -4.53. The van der Waals surface area contributed by atoms with Crippen LogP contribution in [0.1, 0.15) is 37.7 Å². The number of hydrogen-bond acceptors (Lipinski definition) is 8. The van der Waals surface area contributed by atoms with Crippen LogP contribution in [0, 0.1) is 0 Å². The van der Waals surface area contributed by atoms with Gasteiger partial charge in [-0.25, -0.2) is 4.79 Å². The number of rotatable bonds is 17. The molecule has 38 heavy (non-hydrogen) atoms. The van der Waals surface area contributed by atoms with E-state index in [4.69, 9.17) is 16.6 Å². The molecule has 10 N–H and O–H groups in total. The lowest BCUT2D eigenvalue weighted by atomic mass is 10.0. The number of aliphatic carboxylic acids is 3. The van der Waals surface area contributed by atoms with Gasteiger partial charge in [-0.1, -0.05) is 30.3 Å². The lowest BCUT2D eigenvalue weighted by Crippen LogP contribution is -2.58. The van der Waals surface area contributed by atoms with E-state index >= 15 is 0 Å². The van der Waals surface area contributed by atoms with Gasteiger partial charge in [-0.15, -0.1) is 0 Å². The number of hydrogen-bond donors (Lipinski definition) is 8. The smallest absolute Gasteiger partial charge is 0.326 e. The predicted octanol–water partition coefficient (Wildman–Crippen LogP) is -2.30. The Morgan fingerprint density at radius 2 is 1.26 bits per heavy atom. The molecule has 1 aromatic carbocycles. The molecular weight excluding hydrogens is 506 g/mol. The zero-order valence-electron chi connectivity index (χ0n) is 20.3. The van der Waals surface area contributed by atoms with Crippen LogP contribution in [0.25, 0.3) is 0 Å². The van der Waals surface area contributed by atoms with E-state index in [1.54, 1.807) is 30.3 Å². The lowest BCUT2D eigenvalue weighted by Gasteiger charge is -2.24. The molecule has 15 nitrogen and oxygen atoms in total. The zero-order valence-corrected chi connectivity index (χ0v) is 20.3. The number of nitrogens with two attached hydrogens (primary N) is 2. The molecule has 0 spiro atoms. The minimum absolute atomic E-state index is 0.0846. The highest BCUT2D eigenvalue weighted by molar-refractivity contribution is 5.95. The van der Waals surface area contributed by atoms with Crippen LogP contribution in [0.2, 0.25) is 0 Å². The number of carbonyl (C=O) groups is 7. The lowest BCUT2D eigenvalue weighted by molar-refractivity contribution is -0.144. The van der Waals surface area contributed by atoms with Gasteiger partial charge in [-0.3, -0.25) is 28.8 Å². The molecule has 0 saturated heterocycles. The van der Waals surface area contributed by atoms with E-state index in [2.05, 4.69) is 10.6 Å². The van der Waals surface area contributed by atoms with Crippen molar-refractivity contribution in [2.45, 2.75) is 62.7 Å². The van der Waals surface area contributed by atoms with Crippen LogP contribution in [-0.4, -0.2) is 81.0 Å². The van der Waals surface area contributed by atoms with Gasteiger partial charge >= 0.3 is 17.9 Å². The van der Waals surface area contributed by atoms with E-state index in [-0.39, 0.29) is 19.3 Å². The van der Waals surface area contributed by atoms with E-state index in [0.717, 1.165) is 0 Å². The molecule has 0 aliphatic carbocycles. The van der Waals surface area contributed by atoms with Crippen LogP contribution < -0.4 is 27.4 Å². The molecule has 0 aliphatic heterocycles. The van der Waals surface area contributed by atoms with Gasteiger partial charge in [0.2, 0.25) is 23.6 Å². The molecule has 4 atom stereocenters. The van der Waals surface area contributed by atoms with E-state index in [1.165, 1.54) is 0 Å². The number of primary amides is 1. The number of carboxylic acids is 3. The average molecular weight is 538 g/mol. The molecule has 1 aromatic rings. The van der Waals surface area contributed by atoms with Crippen molar-refractivity contribution in [2.24, 2.45) is 11.5 Å². The zero-order chi connectivity index (χ0) is 28.8. The summed E-state index contributed by atoms with van der Waals surface area (Å²) >= 11 is 0. The monoisotopic (exact) mass is 537 g/mol. The summed E-state index contributed by atoms with van der Waals surface area (Å²) in [5.41, 5.74) is 11.4. The second-order valence-corrected chi connectivity index (χ2v) is 8.35. The fraction of sp³-hybridized carbons (Fsp3) is 0.435. The first-order chi connectivity index (χ1) is 17.8. The summed E-state index contributed by atoms with van der Waals surface area (Å²) in [7, 11) is 0. The molecule has 4 amide bonds. The van der Waals surface area contributed by atoms with Gasteiger partial charge in [0.15, 0.2) is 0 Å². The minimum atomic E-state index is -1.76. The molecule has 0 aliphatic rings. The number of carboxylic acid groups (broad SMARTS) is 3. The fourth-order valence-electron chi connectivity index (χ4n) is 3.22. The van der Waals surface area contributed by atoms with Gasteiger partial charge < -0.3 is 42.7 Å². The second-order valence-electron chi connectivity index (χ2n) is 8.35. The van der Waals surface area contributed by atoms with Gasteiger partial charge in [0.05, 0.1) is 12.5 Å². The SMILES string of the molecule is NC(=O)CCC(N)C(=O)NC(Cc1ccccc1)C(=O)NC(CC(=O)O)C(=O)NC(CCC(=O)O)C(=O)O. The predicted molar refractivity (Wildman–Crippen MR) is 129 cm³/mol. The molecule has 0 bridgehead atoms. The van der Waals surface area contributed by atoms with Crippen molar-refractivity contribution in [3.05, 3.63) is 35.9 Å². The van der Waals surface area contributed by atoms with Crippen molar-refractivity contribution in [1.29, 1.82) is 0 Å². The molecule has 1 rings (SSSR count). The molecule has 15 heteroatoms. The number of nitrogens with one attached hydrogen (secondary N) is 3. The van der Waals surface area contributed by atoms with Crippen LogP contribution >= 0.6 is 0 Å². The first-order valence-electron chi connectivity index (χ1n) is 11.5. The minimum Gasteiger partial charge on any atom is -0.481 e. The normalized spacial score (nSPS) is 13.7. The van der Waals surface area contributed by atoms with Crippen LogP contribution in [0.3, 0.4) is 0 Å². The highest BCUT2D eigenvalue weighted by atomic mass is 16.4. The summed E-state index contributed by atoms with van der Waals surface area (Å²) in [4.78, 5) is 82.8. The van der Waals surface area contributed by atoms with Gasteiger partial charge in [0, 0.05) is 19.3 Å². The molecule has 0 radical (unpaired) electrons. The largest absolute Gasteiger partial charge is 0.481 e. The average Bonchev–Trinajstić information content (AvgIpc) is 2.83. The number of benzene rings is 1. The van der Waals surface area contributed by atoms with E-state index in [9.17, 15) is 43.8 Å². The maximum absolute atomic E-state index is 13.1. The Labute approximate surface area is 216 Å². The maximum Gasteiger partial charge on any atom is 0.326 e. The Kier molecular flexibility index (Phi) is 12.9. The molecule has 0 saturated carbocycles. The summed E-state index contributed by atoms with van der Waals surface area (Å²) in [6, 6.07) is 2.42. The van der Waals surface area contributed by atoms with Gasteiger partial charge in [0.1, 0.15) is 18.1 Å². The summed E-state index contributed by atoms with van der Waals surface area (Å²) in [6.07, 6.45) is -2.38. The maximum atomic E-state index is 13.1. The van der Waals surface area contributed by atoms with E-state index < -0.39 is 85.0 Å². The van der Waals surface area contributed by atoms with Gasteiger partial charge in [0.25, 0.3) is 0 Å². The molecule has 208 valence electrons. The molecular formula is C23H31N5O10. The second kappa shape index (κ2) is 15.6. The van der Waals surface area contributed by atoms with Crippen molar-refractivity contribution in [2.75, 3.05) is 0 Å². The summed E-state index contributed by atoms with van der Waals surface area (Å²) in [6.45, 7) is 0. The van der Waals surface area contributed by atoms with Crippen LogP contribution in [-0.2, 0) is 40.0 Å². The van der Waals surface area contributed by atoms with Gasteiger partial charge in [-0.05, 0) is 18.4 Å². The van der Waals surface area contributed by atoms with Crippen LogP contribution in [0.4, 0.5) is 0 Å². The third-order valence-electron chi connectivity index (χ3n) is 5.23. The van der Waals surface area contributed by atoms with Crippen molar-refractivity contribution in [3.8, 4) is 0 Å². The Balaban J connectivity index is 3.09. The standard InChI is InChI=1S/C23H31N5O10/c24-13(6-8-17(25)29)20(34)27-15(10-12-4-2-1-3-5-12)21(35)28-16(11-19(32)33)22(36)26-14(23(37)38)7-9-18(30)31/h1-5,13-16H,6-11,24H2,(H2,25,29)(H,26,36)(H,27,34)(H,28,35)(H,30,31)(H,32,33)(H,37,38). The number of carbonyl (C=O) groups excluding carboxylic acids is 4. The Morgan fingerprint density at radius 1 is 0.711 bits per heavy atom. The van der Waals surface area contributed by atoms with Crippen LogP contribution in [0.15, 0.2) is 30.3 Å². The number of amides is 4. The quantitative estimate of drug-likeness (QED) is 0.105. The fourth-order valence-corrected chi connectivity index (χ4v) is 3.22. The molecule has 0 heterocycles. The summed E-state index contributed by atoms with van der Waals surface area (Å²) in [5.74, 6) is -8.00. The van der Waals surface area contributed by atoms with E-state index in [0.29, 0.717) is 5.56 Å². The first kappa shape index (κ1) is 31.5. The summed E-state index contributed by atoms with van der Waals surface area (Å²) in [5, 5.41) is 33.9. The van der Waals surface area contributed by atoms with Crippen molar-refractivity contribution >= 4 is 41.5 Å². The van der Waals surface area contributed by atoms with Gasteiger partial charge in [-0.2, -0.15) is 0 Å². The third-order valence-corrected chi connectivity index (χ3v) is 5.23. The first-order valence-corrected chi connectivity index (χ1v) is 11.5. The molecule has 4 unspecified atom stereocenters. The molecule has 0 aromatic heterocycles. The molecule has 0 fully saturated rings. The van der Waals surface area contributed by atoms with Crippen molar-refractivity contribution in [3.63, 3.8) is 0 Å². The summed E-state index contributed by atoms with van der Waals surface area (Å²) < 4.78 is 0. The van der Waals surface area contributed by atoms with Crippen molar-refractivity contribution < 1.29 is 48.9 Å². The highest BCUT2D eigenvalue weighted by Crippen LogP contribution is 2.07. The topological polar surface area (TPSA) is 268 Å². The van der Waals surface area contributed by atoms with E-state index in [1.807, 2.05) is 5.32 Å². The Morgan fingerprint density at radius 3 is 1.79 bits per heavy atom.